The van der Waals surface area contributed by atoms with Gasteiger partial charge in [0.25, 0.3) is 0 Å². The quantitative estimate of drug-likeness (QED) is 0.234. The van der Waals surface area contributed by atoms with E-state index in [0.29, 0.717) is 5.69 Å². The number of carbonyl (C=O) groups is 3. The maximum absolute atomic E-state index is 11.3. The summed E-state index contributed by atoms with van der Waals surface area (Å²) in [6.45, 7) is -1.89. The van der Waals surface area contributed by atoms with Crippen molar-refractivity contribution in [3.63, 3.8) is 0 Å². The van der Waals surface area contributed by atoms with Crippen LogP contribution < -0.4 is 11.1 Å². The number of aliphatic carboxylic acids is 3. The van der Waals surface area contributed by atoms with Crippen LogP contribution in [0.2, 0.25) is 0 Å². The molecule has 27 heavy (non-hydrogen) atoms. The average Bonchev–Trinajstić information content (AvgIpc) is 2.55. The lowest BCUT2D eigenvalue weighted by molar-refractivity contribution is -0.146. The summed E-state index contributed by atoms with van der Waals surface area (Å²) in [5.74, 6) is -3.56. The first-order chi connectivity index (χ1) is 12.7. The number of nitrogens with one attached hydrogen (secondary N) is 1. The molecule has 1 aromatic carbocycles. The van der Waals surface area contributed by atoms with Gasteiger partial charge in [0, 0.05) is 24.4 Å². The number of nitrogen functional groups attached to an aromatic ring is 1. The van der Waals surface area contributed by atoms with Gasteiger partial charge in [-0.3, -0.25) is 19.3 Å². The highest BCUT2D eigenvalue weighted by atomic mass is 16.4. The van der Waals surface area contributed by atoms with Gasteiger partial charge >= 0.3 is 17.9 Å². The van der Waals surface area contributed by atoms with Crippen LogP contribution in [0.3, 0.4) is 0 Å². The first kappa shape index (κ1) is 22.4. The van der Waals surface area contributed by atoms with E-state index in [1.165, 1.54) is 4.90 Å². The molecule has 1 rings (SSSR count). The molecule has 0 heterocycles. The van der Waals surface area contributed by atoms with Crippen LogP contribution in [-0.2, 0) is 20.8 Å². The lowest BCUT2D eigenvalue weighted by Crippen LogP contribution is -2.60. The highest BCUT2D eigenvalue weighted by Crippen LogP contribution is 2.25. The van der Waals surface area contributed by atoms with Gasteiger partial charge in [0.2, 0.25) is 0 Å². The Morgan fingerprint density at radius 2 is 1.56 bits per heavy atom. The van der Waals surface area contributed by atoms with Crippen LogP contribution in [0.5, 0.6) is 0 Å². The van der Waals surface area contributed by atoms with Crippen molar-refractivity contribution < 1.29 is 34.8 Å². The van der Waals surface area contributed by atoms with E-state index in [1.54, 1.807) is 24.3 Å². The molecule has 0 aliphatic rings. The van der Waals surface area contributed by atoms with E-state index in [1.807, 2.05) is 0 Å². The molecule has 0 saturated carbocycles. The van der Waals surface area contributed by atoms with E-state index < -0.39 is 36.5 Å². The summed E-state index contributed by atoms with van der Waals surface area (Å²) < 4.78 is 0. The zero-order chi connectivity index (χ0) is 20.4. The van der Waals surface area contributed by atoms with Gasteiger partial charge in [-0.25, -0.2) is 0 Å². The monoisotopic (exact) mass is 383 g/mol. The minimum atomic E-state index is -1.23. The SMILES string of the molecule is Nc1ccc(CC(CCO)(CNCC(=O)O)N(CC(=O)O)CC(=O)O)cc1. The molecule has 150 valence electrons. The van der Waals surface area contributed by atoms with Gasteiger partial charge in [0.15, 0.2) is 0 Å². The van der Waals surface area contributed by atoms with Crippen LogP contribution >= 0.6 is 0 Å². The molecule has 0 aromatic heterocycles. The predicted octanol–water partition coefficient (Wildman–Crippen LogP) is -0.922. The third-order valence-corrected chi connectivity index (χ3v) is 4.14. The van der Waals surface area contributed by atoms with Crippen LogP contribution in [-0.4, -0.2) is 81.6 Å². The smallest absolute Gasteiger partial charge is 0.317 e. The number of benzene rings is 1. The van der Waals surface area contributed by atoms with Crippen LogP contribution in [0.15, 0.2) is 24.3 Å². The summed E-state index contributed by atoms with van der Waals surface area (Å²) in [4.78, 5) is 34.7. The molecule has 7 N–H and O–H groups in total. The molecule has 0 aliphatic heterocycles. The number of aliphatic hydroxyl groups is 1. The van der Waals surface area contributed by atoms with E-state index in [-0.39, 0.29) is 32.5 Å². The van der Waals surface area contributed by atoms with Crippen LogP contribution in [0, 0.1) is 0 Å². The van der Waals surface area contributed by atoms with Crippen LogP contribution in [0.1, 0.15) is 12.0 Å². The topological polar surface area (TPSA) is 173 Å². The molecule has 1 atom stereocenters. The Morgan fingerprint density at radius 1 is 1.00 bits per heavy atom. The Labute approximate surface area is 156 Å². The molecule has 0 saturated heterocycles. The Morgan fingerprint density at radius 3 is 2.00 bits per heavy atom. The summed E-state index contributed by atoms with van der Waals surface area (Å²) in [6.07, 6.45) is 0.242. The standard InChI is InChI=1S/C17H25N3O7/c18-13-3-1-12(2-4-13)7-17(5-6-21,11-19-8-14(22)23)20(9-15(24)25)10-16(26)27/h1-4,19,21H,5-11,18H2,(H,22,23)(H,24,25)(H,26,27). The molecule has 0 amide bonds. The molecule has 1 aromatic rings. The fourth-order valence-electron chi connectivity index (χ4n) is 2.96. The van der Waals surface area contributed by atoms with E-state index in [0.717, 1.165) is 5.56 Å². The highest BCUT2D eigenvalue weighted by Gasteiger charge is 2.38. The van der Waals surface area contributed by atoms with Crippen LogP contribution in [0.4, 0.5) is 5.69 Å². The summed E-state index contributed by atoms with van der Waals surface area (Å²) in [6, 6.07) is 6.75. The molecular formula is C17H25N3O7. The number of aliphatic hydroxyl groups excluding tert-OH is 1. The second kappa shape index (κ2) is 10.5. The molecule has 0 radical (unpaired) electrons. The van der Waals surface area contributed by atoms with Crippen molar-refractivity contribution >= 4 is 23.6 Å². The van der Waals surface area contributed by atoms with Crippen LogP contribution in [0.25, 0.3) is 0 Å². The summed E-state index contributed by atoms with van der Waals surface area (Å²) in [5.41, 5.74) is 5.82. The van der Waals surface area contributed by atoms with Crippen molar-refractivity contribution in [2.24, 2.45) is 0 Å². The second-order valence-corrected chi connectivity index (χ2v) is 6.26. The van der Waals surface area contributed by atoms with Crippen molar-refractivity contribution in [1.29, 1.82) is 0 Å². The van der Waals surface area contributed by atoms with Crippen molar-refractivity contribution in [3.8, 4) is 0 Å². The zero-order valence-electron chi connectivity index (χ0n) is 14.8. The summed E-state index contributed by atoms with van der Waals surface area (Å²) >= 11 is 0. The minimum Gasteiger partial charge on any atom is -0.480 e. The lowest BCUT2D eigenvalue weighted by atomic mass is 9.85. The number of carboxylic acids is 3. The number of nitrogens with zero attached hydrogens (tertiary/aromatic N) is 1. The molecular weight excluding hydrogens is 358 g/mol. The van der Waals surface area contributed by atoms with Gasteiger partial charge in [0.1, 0.15) is 0 Å². The van der Waals surface area contributed by atoms with Gasteiger partial charge in [-0.15, -0.1) is 0 Å². The third-order valence-electron chi connectivity index (χ3n) is 4.14. The normalized spacial score (nSPS) is 13.3. The maximum atomic E-state index is 11.3. The van der Waals surface area contributed by atoms with Crippen molar-refractivity contribution in [2.45, 2.75) is 18.4 Å². The average molecular weight is 383 g/mol. The molecule has 1 unspecified atom stereocenters. The number of anilines is 1. The summed E-state index contributed by atoms with van der Waals surface area (Å²) in [7, 11) is 0. The number of hydrogen-bond acceptors (Lipinski definition) is 7. The van der Waals surface area contributed by atoms with E-state index >= 15 is 0 Å². The highest BCUT2D eigenvalue weighted by molar-refractivity contribution is 5.73. The molecule has 10 heteroatoms. The Kier molecular flexibility index (Phi) is 8.66. The third kappa shape index (κ3) is 7.60. The Bertz CT molecular complexity index is 634. The maximum Gasteiger partial charge on any atom is 0.317 e. The first-order valence-electron chi connectivity index (χ1n) is 8.25. The van der Waals surface area contributed by atoms with Crippen molar-refractivity contribution in [1.82, 2.24) is 10.2 Å². The van der Waals surface area contributed by atoms with E-state index in [9.17, 15) is 29.7 Å². The number of hydrogen-bond donors (Lipinski definition) is 6. The van der Waals surface area contributed by atoms with E-state index in [2.05, 4.69) is 5.32 Å². The van der Waals surface area contributed by atoms with Crippen molar-refractivity contribution in [3.05, 3.63) is 29.8 Å². The predicted molar refractivity (Wildman–Crippen MR) is 96.3 cm³/mol. The minimum absolute atomic E-state index is 0.0230. The van der Waals surface area contributed by atoms with Gasteiger partial charge in [-0.2, -0.15) is 0 Å². The molecule has 0 bridgehead atoms. The van der Waals surface area contributed by atoms with Crippen molar-refractivity contribution in [2.75, 3.05) is 38.5 Å². The number of nitrogens with two attached hydrogens (primary N) is 1. The lowest BCUT2D eigenvalue weighted by Gasteiger charge is -2.43. The molecule has 10 nitrogen and oxygen atoms in total. The largest absolute Gasteiger partial charge is 0.480 e. The molecule has 0 spiro atoms. The fraction of sp³-hybridized carbons (Fsp3) is 0.471. The second-order valence-electron chi connectivity index (χ2n) is 6.26. The van der Waals surface area contributed by atoms with E-state index in [4.69, 9.17) is 10.8 Å². The Balaban J connectivity index is 3.27. The fourth-order valence-corrected chi connectivity index (χ4v) is 2.96. The summed E-state index contributed by atoms with van der Waals surface area (Å²) in [5, 5.41) is 39.6. The zero-order valence-corrected chi connectivity index (χ0v) is 14.8. The van der Waals surface area contributed by atoms with Gasteiger partial charge < -0.3 is 31.5 Å². The first-order valence-corrected chi connectivity index (χ1v) is 8.25. The van der Waals surface area contributed by atoms with Gasteiger partial charge in [-0.1, -0.05) is 12.1 Å². The number of rotatable bonds is 13. The van der Waals surface area contributed by atoms with Gasteiger partial charge in [0.05, 0.1) is 19.6 Å². The molecule has 0 aliphatic carbocycles. The van der Waals surface area contributed by atoms with Gasteiger partial charge in [-0.05, 0) is 30.5 Å². The number of carboxylic acid groups (broad SMARTS) is 3. The molecule has 0 fully saturated rings. The Hall–Kier alpha value is -2.69.